The second-order valence-electron chi connectivity index (χ2n) is 6.46. The number of piperazine rings is 1. The molecule has 21 heavy (non-hydrogen) atoms. The van der Waals surface area contributed by atoms with Crippen LogP contribution in [0.3, 0.4) is 0 Å². The van der Waals surface area contributed by atoms with E-state index < -0.39 is 0 Å². The number of anilines is 1. The molecule has 2 fully saturated rings. The molecule has 1 aliphatic heterocycles. The minimum atomic E-state index is -0.108. The van der Waals surface area contributed by atoms with Crippen LogP contribution in [0.4, 0.5) is 5.69 Å². The summed E-state index contributed by atoms with van der Waals surface area (Å²) in [7, 11) is 0. The minimum absolute atomic E-state index is 0.108. The third kappa shape index (κ3) is 3.56. The van der Waals surface area contributed by atoms with Crippen molar-refractivity contribution in [2.45, 2.75) is 25.7 Å². The van der Waals surface area contributed by atoms with Gasteiger partial charge in [0.05, 0.1) is 5.92 Å². The molecule has 1 unspecified atom stereocenters. The number of nitrogens with two attached hydrogens (primary N) is 1. The van der Waals surface area contributed by atoms with Crippen LogP contribution >= 0.6 is 0 Å². The van der Waals surface area contributed by atoms with Gasteiger partial charge < -0.3 is 10.6 Å². The highest BCUT2D eigenvalue weighted by Crippen LogP contribution is 2.30. The van der Waals surface area contributed by atoms with E-state index in [-0.39, 0.29) is 11.8 Å². The summed E-state index contributed by atoms with van der Waals surface area (Å²) in [4.78, 5) is 17.1. The molecule has 114 valence electrons. The summed E-state index contributed by atoms with van der Waals surface area (Å²) in [5.41, 5.74) is 7.55. The molecule has 1 saturated heterocycles. The van der Waals surface area contributed by atoms with Gasteiger partial charge in [-0.25, -0.2) is 0 Å². The summed E-state index contributed by atoms with van der Waals surface area (Å²) in [6, 6.07) is 7.67. The first-order valence-electron chi connectivity index (χ1n) is 8.00. The Bertz CT molecular complexity index is 505. The molecule has 1 aliphatic carbocycles. The highest BCUT2D eigenvalue weighted by molar-refractivity contribution is 5.83. The summed E-state index contributed by atoms with van der Waals surface area (Å²) in [6.07, 6.45) is 2.79. The van der Waals surface area contributed by atoms with Crippen molar-refractivity contribution in [3.63, 3.8) is 0 Å². The minimum Gasteiger partial charge on any atom is -0.399 e. The highest BCUT2D eigenvalue weighted by Gasteiger charge is 2.29. The number of carbonyl (C=O) groups is 1. The Labute approximate surface area is 126 Å². The number of hydrogen-bond acceptors (Lipinski definition) is 3. The molecule has 2 aliphatic rings. The van der Waals surface area contributed by atoms with Crippen molar-refractivity contribution in [2.24, 2.45) is 5.92 Å². The molecule has 1 atom stereocenters. The second kappa shape index (κ2) is 6.06. The maximum absolute atomic E-state index is 12.6. The molecule has 1 saturated carbocycles. The first-order valence-corrected chi connectivity index (χ1v) is 8.00. The van der Waals surface area contributed by atoms with Gasteiger partial charge in [0.25, 0.3) is 0 Å². The van der Waals surface area contributed by atoms with Crippen LogP contribution < -0.4 is 5.73 Å². The van der Waals surface area contributed by atoms with Crippen LogP contribution in [0.5, 0.6) is 0 Å². The lowest BCUT2D eigenvalue weighted by molar-refractivity contribution is -0.134. The zero-order valence-electron chi connectivity index (χ0n) is 12.8. The maximum atomic E-state index is 12.6. The van der Waals surface area contributed by atoms with Crippen LogP contribution in [0.1, 0.15) is 31.2 Å². The molecule has 4 nitrogen and oxygen atoms in total. The van der Waals surface area contributed by atoms with Crippen molar-refractivity contribution in [3.05, 3.63) is 29.8 Å². The van der Waals surface area contributed by atoms with Crippen LogP contribution in [0.25, 0.3) is 0 Å². The van der Waals surface area contributed by atoms with E-state index >= 15 is 0 Å². The van der Waals surface area contributed by atoms with Crippen LogP contribution in [-0.2, 0) is 4.79 Å². The fourth-order valence-corrected chi connectivity index (χ4v) is 3.06. The third-order valence-corrected chi connectivity index (χ3v) is 4.68. The van der Waals surface area contributed by atoms with E-state index in [2.05, 4.69) is 4.90 Å². The maximum Gasteiger partial charge on any atom is 0.229 e. The van der Waals surface area contributed by atoms with Gasteiger partial charge in [-0.2, -0.15) is 0 Å². The van der Waals surface area contributed by atoms with Gasteiger partial charge in [0.2, 0.25) is 5.91 Å². The summed E-state index contributed by atoms with van der Waals surface area (Å²) < 4.78 is 0. The van der Waals surface area contributed by atoms with E-state index in [0.717, 1.165) is 43.3 Å². The SMILES string of the molecule is CC(C(=O)N1CCN(CC2CC2)CC1)c1cccc(N)c1. The molecule has 3 rings (SSSR count). The zero-order chi connectivity index (χ0) is 14.8. The molecule has 1 heterocycles. The number of amides is 1. The average Bonchev–Trinajstić information content (AvgIpc) is 3.30. The van der Waals surface area contributed by atoms with Gasteiger partial charge in [-0.3, -0.25) is 9.69 Å². The molecule has 0 aromatic heterocycles. The van der Waals surface area contributed by atoms with E-state index in [9.17, 15) is 4.79 Å². The standard InChI is InChI=1S/C17H25N3O/c1-13(15-3-2-4-16(18)11-15)17(21)20-9-7-19(8-10-20)12-14-5-6-14/h2-4,11,13-14H,5-10,12,18H2,1H3. The highest BCUT2D eigenvalue weighted by atomic mass is 16.2. The second-order valence-corrected chi connectivity index (χ2v) is 6.46. The number of benzene rings is 1. The lowest BCUT2D eigenvalue weighted by Gasteiger charge is -2.36. The lowest BCUT2D eigenvalue weighted by atomic mass is 9.99. The first kappa shape index (κ1) is 14.4. The lowest BCUT2D eigenvalue weighted by Crippen LogP contribution is -2.50. The predicted octanol–water partition coefficient (Wildman–Crippen LogP) is 1.93. The number of nitrogen functional groups attached to an aromatic ring is 1. The van der Waals surface area contributed by atoms with Crippen molar-refractivity contribution in [2.75, 3.05) is 38.5 Å². The van der Waals surface area contributed by atoms with Gasteiger partial charge in [0.15, 0.2) is 0 Å². The molecular weight excluding hydrogens is 262 g/mol. The van der Waals surface area contributed by atoms with Crippen molar-refractivity contribution in [3.8, 4) is 0 Å². The Balaban J connectivity index is 1.55. The van der Waals surface area contributed by atoms with Gasteiger partial charge in [0, 0.05) is 38.4 Å². The molecule has 2 N–H and O–H groups in total. The Morgan fingerprint density at radius 1 is 1.29 bits per heavy atom. The van der Waals surface area contributed by atoms with E-state index in [1.54, 1.807) is 0 Å². The van der Waals surface area contributed by atoms with Crippen LogP contribution in [0, 0.1) is 5.92 Å². The van der Waals surface area contributed by atoms with Gasteiger partial charge in [-0.15, -0.1) is 0 Å². The van der Waals surface area contributed by atoms with Crippen molar-refractivity contribution in [1.29, 1.82) is 0 Å². The molecule has 0 radical (unpaired) electrons. The Morgan fingerprint density at radius 2 is 2.00 bits per heavy atom. The molecular formula is C17H25N3O. The molecule has 0 bridgehead atoms. The third-order valence-electron chi connectivity index (χ3n) is 4.68. The Hall–Kier alpha value is -1.55. The predicted molar refractivity (Wildman–Crippen MR) is 85.0 cm³/mol. The van der Waals surface area contributed by atoms with E-state index in [1.807, 2.05) is 36.1 Å². The largest absolute Gasteiger partial charge is 0.399 e. The monoisotopic (exact) mass is 287 g/mol. The quantitative estimate of drug-likeness (QED) is 0.861. The summed E-state index contributed by atoms with van der Waals surface area (Å²) >= 11 is 0. The van der Waals surface area contributed by atoms with Crippen molar-refractivity contribution in [1.82, 2.24) is 9.80 Å². The summed E-state index contributed by atoms with van der Waals surface area (Å²) in [6.45, 7) is 6.97. The number of rotatable bonds is 4. The van der Waals surface area contributed by atoms with Gasteiger partial charge in [-0.05, 0) is 43.4 Å². The summed E-state index contributed by atoms with van der Waals surface area (Å²) in [5, 5.41) is 0. The average molecular weight is 287 g/mol. The van der Waals surface area contributed by atoms with Crippen LogP contribution in [0.15, 0.2) is 24.3 Å². The fourth-order valence-electron chi connectivity index (χ4n) is 3.06. The van der Waals surface area contributed by atoms with Gasteiger partial charge in [0.1, 0.15) is 0 Å². The van der Waals surface area contributed by atoms with Crippen molar-refractivity contribution >= 4 is 11.6 Å². The normalized spacial score (nSPS) is 21.3. The fraction of sp³-hybridized carbons (Fsp3) is 0.588. The molecule has 0 spiro atoms. The zero-order valence-corrected chi connectivity index (χ0v) is 12.8. The Morgan fingerprint density at radius 3 is 2.62 bits per heavy atom. The number of hydrogen-bond donors (Lipinski definition) is 1. The van der Waals surface area contributed by atoms with E-state index in [0.29, 0.717) is 0 Å². The van der Waals surface area contributed by atoms with E-state index in [4.69, 9.17) is 5.73 Å². The molecule has 4 heteroatoms. The van der Waals surface area contributed by atoms with Crippen LogP contribution in [-0.4, -0.2) is 48.4 Å². The molecule has 1 aromatic rings. The molecule has 1 amide bonds. The van der Waals surface area contributed by atoms with Crippen LogP contribution in [0.2, 0.25) is 0 Å². The Kier molecular flexibility index (Phi) is 4.15. The van der Waals surface area contributed by atoms with Gasteiger partial charge in [-0.1, -0.05) is 12.1 Å². The van der Waals surface area contributed by atoms with Crippen molar-refractivity contribution < 1.29 is 4.79 Å². The number of carbonyl (C=O) groups excluding carboxylic acids is 1. The number of nitrogens with zero attached hydrogens (tertiary/aromatic N) is 2. The van der Waals surface area contributed by atoms with E-state index in [1.165, 1.54) is 19.4 Å². The van der Waals surface area contributed by atoms with Gasteiger partial charge >= 0.3 is 0 Å². The smallest absolute Gasteiger partial charge is 0.229 e. The molecule has 1 aromatic carbocycles. The summed E-state index contributed by atoms with van der Waals surface area (Å²) in [5.74, 6) is 1.05. The topological polar surface area (TPSA) is 49.6 Å². The first-order chi connectivity index (χ1) is 10.1.